The SMILES string of the molecule is COC(=O)c1cccc(CC(C)C(=O)OC)c1. The van der Waals surface area contributed by atoms with E-state index in [4.69, 9.17) is 0 Å². The summed E-state index contributed by atoms with van der Waals surface area (Å²) in [4.78, 5) is 22.6. The molecule has 1 aromatic carbocycles. The minimum atomic E-state index is -0.377. The summed E-state index contributed by atoms with van der Waals surface area (Å²) in [5, 5.41) is 0. The Bertz CT molecular complexity index is 412. The zero-order valence-electron chi connectivity index (χ0n) is 10.2. The maximum absolute atomic E-state index is 11.3. The molecular weight excluding hydrogens is 220 g/mol. The first kappa shape index (κ1) is 13.2. The Labute approximate surface area is 101 Å². The smallest absolute Gasteiger partial charge is 0.337 e. The van der Waals surface area contributed by atoms with Crippen LogP contribution < -0.4 is 0 Å². The number of methoxy groups -OCH3 is 2. The van der Waals surface area contributed by atoms with Crippen molar-refractivity contribution in [2.45, 2.75) is 13.3 Å². The molecule has 0 N–H and O–H groups in total. The van der Waals surface area contributed by atoms with Gasteiger partial charge in [-0.1, -0.05) is 19.1 Å². The first-order valence-electron chi connectivity index (χ1n) is 5.33. The Balaban J connectivity index is 2.79. The van der Waals surface area contributed by atoms with Crippen LogP contribution in [0.25, 0.3) is 0 Å². The van der Waals surface area contributed by atoms with Crippen molar-refractivity contribution in [3.63, 3.8) is 0 Å². The molecule has 0 spiro atoms. The van der Waals surface area contributed by atoms with Gasteiger partial charge >= 0.3 is 11.9 Å². The Morgan fingerprint density at radius 2 is 1.94 bits per heavy atom. The van der Waals surface area contributed by atoms with E-state index in [1.54, 1.807) is 25.1 Å². The van der Waals surface area contributed by atoms with Gasteiger partial charge in [0.05, 0.1) is 25.7 Å². The second kappa shape index (κ2) is 6.03. The molecule has 1 atom stereocenters. The number of esters is 2. The summed E-state index contributed by atoms with van der Waals surface area (Å²) < 4.78 is 9.29. The highest BCUT2D eigenvalue weighted by Crippen LogP contribution is 2.12. The maximum atomic E-state index is 11.3. The molecule has 92 valence electrons. The fraction of sp³-hybridized carbons (Fsp3) is 0.385. The van der Waals surface area contributed by atoms with Crippen LogP contribution >= 0.6 is 0 Å². The van der Waals surface area contributed by atoms with Crippen molar-refractivity contribution >= 4 is 11.9 Å². The molecule has 0 saturated carbocycles. The highest BCUT2D eigenvalue weighted by atomic mass is 16.5. The van der Waals surface area contributed by atoms with Gasteiger partial charge in [0.1, 0.15) is 0 Å². The summed E-state index contributed by atoms with van der Waals surface area (Å²) >= 11 is 0. The van der Waals surface area contributed by atoms with Crippen LogP contribution in [-0.2, 0) is 20.7 Å². The molecule has 0 saturated heterocycles. The minimum Gasteiger partial charge on any atom is -0.469 e. The predicted octanol–water partition coefficient (Wildman–Crippen LogP) is 1.82. The quantitative estimate of drug-likeness (QED) is 0.748. The molecule has 17 heavy (non-hydrogen) atoms. The lowest BCUT2D eigenvalue weighted by Gasteiger charge is -2.09. The normalized spacial score (nSPS) is 11.7. The lowest BCUT2D eigenvalue weighted by molar-refractivity contribution is -0.144. The molecule has 1 unspecified atom stereocenters. The first-order valence-corrected chi connectivity index (χ1v) is 5.33. The van der Waals surface area contributed by atoms with E-state index in [9.17, 15) is 9.59 Å². The van der Waals surface area contributed by atoms with Crippen LogP contribution in [-0.4, -0.2) is 26.2 Å². The topological polar surface area (TPSA) is 52.6 Å². The number of rotatable bonds is 4. The van der Waals surface area contributed by atoms with Crippen LogP contribution in [0.4, 0.5) is 0 Å². The molecule has 0 radical (unpaired) electrons. The molecule has 4 heteroatoms. The van der Waals surface area contributed by atoms with Gasteiger partial charge in [-0.2, -0.15) is 0 Å². The molecule has 0 aliphatic rings. The van der Waals surface area contributed by atoms with E-state index in [2.05, 4.69) is 9.47 Å². The van der Waals surface area contributed by atoms with Gasteiger partial charge in [-0.05, 0) is 24.1 Å². The van der Waals surface area contributed by atoms with Crippen LogP contribution in [0.1, 0.15) is 22.8 Å². The van der Waals surface area contributed by atoms with Crippen molar-refractivity contribution in [1.29, 1.82) is 0 Å². The van der Waals surface area contributed by atoms with Crippen LogP contribution in [0.15, 0.2) is 24.3 Å². The Morgan fingerprint density at radius 3 is 2.53 bits per heavy atom. The van der Waals surface area contributed by atoms with E-state index in [0.29, 0.717) is 12.0 Å². The third-order valence-electron chi connectivity index (χ3n) is 2.49. The van der Waals surface area contributed by atoms with Crippen molar-refractivity contribution in [2.24, 2.45) is 5.92 Å². The number of carbonyl (C=O) groups excluding carboxylic acids is 2. The van der Waals surface area contributed by atoms with E-state index in [0.717, 1.165) is 5.56 Å². The number of carbonyl (C=O) groups is 2. The summed E-state index contributed by atoms with van der Waals surface area (Å²) in [5.74, 6) is -0.862. The number of hydrogen-bond acceptors (Lipinski definition) is 4. The fourth-order valence-electron chi connectivity index (χ4n) is 1.58. The van der Waals surface area contributed by atoms with Crippen molar-refractivity contribution in [3.8, 4) is 0 Å². The van der Waals surface area contributed by atoms with E-state index in [1.807, 2.05) is 6.07 Å². The van der Waals surface area contributed by atoms with Gasteiger partial charge in [-0.25, -0.2) is 4.79 Å². The third-order valence-corrected chi connectivity index (χ3v) is 2.49. The molecule has 1 aromatic rings. The molecule has 0 heterocycles. The van der Waals surface area contributed by atoms with Crippen LogP contribution in [0.5, 0.6) is 0 Å². The fourth-order valence-corrected chi connectivity index (χ4v) is 1.58. The Hall–Kier alpha value is -1.84. The van der Waals surface area contributed by atoms with Gasteiger partial charge in [-0.3, -0.25) is 4.79 Å². The van der Waals surface area contributed by atoms with Gasteiger partial charge in [0.2, 0.25) is 0 Å². The highest BCUT2D eigenvalue weighted by molar-refractivity contribution is 5.89. The summed E-state index contributed by atoms with van der Waals surface area (Å²) in [6.07, 6.45) is 0.539. The van der Waals surface area contributed by atoms with Gasteiger partial charge in [0, 0.05) is 0 Å². The van der Waals surface area contributed by atoms with Gasteiger partial charge in [0.25, 0.3) is 0 Å². The molecule has 0 aliphatic heterocycles. The van der Waals surface area contributed by atoms with Gasteiger partial charge in [0.15, 0.2) is 0 Å². The van der Waals surface area contributed by atoms with E-state index in [-0.39, 0.29) is 17.9 Å². The largest absolute Gasteiger partial charge is 0.469 e. The number of benzene rings is 1. The Morgan fingerprint density at radius 1 is 1.24 bits per heavy atom. The first-order chi connectivity index (χ1) is 8.08. The van der Waals surface area contributed by atoms with E-state index < -0.39 is 0 Å². The molecule has 0 aliphatic carbocycles. The minimum absolute atomic E-state index is 0.229. The monoisotopic (exact) mass is 236 g/mol. The second-order valence-electron chi connectivity index (χ2n) is 3.82. The molecule has 1 rings (SSSR count). The zero-order chi connectivity index (χ0) is 12.8. The van der Waals surface area contributed by atoms with E-state index in [1.165, 1.54) is 14.2 Å². The number of ether oxygens (including phenoxy) is 2. The maximum Gasteiger partial charge on any atom is 0.337 e. The average Bonchev–Trinajstić information content (AvgIpc) is 2.37. The molecule has 0 aromatic heterocycles. The zero-order valence-corrected chi connectivity index (χ0v) is 10.2. The third kappa shape index (κ3) is 3.59. The van der Waals surface area contributed by atoms with Crippen molar-refractivity contribution < 1.29 is 19.1 Å². The standard InChI is InChI=1S/C13H16O4/c1-9(12(14)16-2)7-10-5-4-6-11(8-10)13(15)17-3/h4-6,8-9H,7H2,1-3H3. The summed E-state index contributed by atoms with van der Waals surface area (Å²) in [6.45, 7) is 1.79. The molecular formula is C13H16O4. The Kier molecular flexibility index (Phi) is 4.69. The highest BCUT2D eigenvalue weighted by Gasteiger charge is 2.14. The lowest BCUT2D eigenvalue weighted by atomic mass is 10.00. The second-order valence-corrected chi connectivity index (χ2v) is 3.82. The summed E-state index contributed by atoms with van der Waals surface area (Å²) in [7, 11) is 2.70. The van der Waals surface area contributed by atoms with E-state index >= 15 is 0 Å². The van der Waals surface area contributed by atoms with Gasteiger partial charge in [-0.15, -0.1) is 0 Å². The molecule has 0 amide bonds. The summed E-state index contributed by atoms with van der Waals surface area (Å²) in [5.41, 5.74) is 1.40. The number of hydrogen-bond donors (Lipinski definition) is 0. The average molecular weight is 236 g/mol. The van der Waals surface area contributed by atoms with Crippen molar-refractivity contribution in [3.05, 3.63) is 35.4 Å². The van der Waals surface area contributed by atoms with Crippen LogP contribution in [0, 0.1) is 5.92 Å². The molecule has 0 fully saturated rings. The summed E-state index contributed by atoms with van der Waals surface area (Å²) in [6, 6.07) is 7.04. The predicted molar refractivity (Wildman–Crippen MR) is 62.7 cm³/mol. The van der Waals surface area contributed by atoms with Crippen molar-refractivity contribution in [2.75, 3.05) is 14.2 Å². The van der Waals surface area contributed by atoms with Crippen LogP contribution in [0.3, 0.4) is 0 Å². The van der Waals surface area contributed by atoms with Crippen molar-refractivity contribution in [1.82, 2.24) is 0 Å². The molecule has 4 nitrogen and oxygen atoms in total. The lowest BCUT2D eigenvalue weighted by Crippen LogP contribution is -2.15. The molecule has 0 bridgehead atoms. The van der Waals surface area contributed by atoms with Crippen LogP contribution in [0.2, 0.25) is 0 Å². The van der Waals surface area contributed by atoms with Gasteiger partial charge < -0.3 is 9.47 Å².